The van der Waals surface area contributed by atoms with Crippen LogP contribution in [0.2, 0.25) is 0 Å². The molecule has 0 unspecified atom stereocenters. The van der Waals surface area contributed by atoms with Crippen LogP contribution in [0, 0.1) is 6.92 Å². The lowest BCUT2D eigenvalue weighted by atomic mass is 10.1. The van der Waals surface area contributed by atoms with Gasteiger partial charge >= 0.3 is 0 Å². The van der Waals surface area contributed by atoms with Crippen molar-refractivity contribution in [3.63, 3.8) is 0 Å². The minimum absolute atomic E-state index is 0. The molecule has 22 heavy (non-hydrogen) atoms. The summed E-state index contributed by atoms with van der Waals surface area (Å²) in [6, 6.07) is 4.70. The van der Waals surface area contributed by atoms with E-state index < -0.39 is 6.04 Å². The van der Waals surface area contributed by atoms with Crippen molar-refractivity contribution in [2.75, 3.05) is 23.9 Å². The quantitative estimate of drug-likeness (QED) is 0.707. The lowest BCUT2D eigenvalue weighted by Gasteiger charge is -2.14. The number of aryl methyl sites for hydroxylation is 1. The molecule has 0 aromatic heterocycles. The third-order valence-corrected chi connectivity index (χ3v) is 3.71. The zero-order valence-corrected chi connectivity index (χ0v) is 14.8. The highest BCUT2D eigenvalue weighted by Crippen LogP contribution is 2.17. The van der Waals surface area contributed by atoms with Crippen molar-refractivity contribution in [2.24, 2.45) is 5.73 Å². The molecule has 0 heterocycles. The van der Waals surface area contributed by atoms with Crippen molar-refractivity contribution in [1.29, 1.82) is 0 Å². The van der Waals surface area contributed by atoms with Crippen LogP contribution in [0.1, 0.15) is 29.3 Å². The first kappa shape index (κ1) is 20.8. The predicted molar refractivity (Wildman–Crippen MR) is 96.0 cm³/mol. The number of rotatable bonds is 7. The van der Waals surface area contributed by atoms with Gasteiger partial charge in [-0.1, -0.05) is 6.07 Å². The number of amides is 2. The second kappa shape index (κ2) is 10.5. The Bertz CT molecular complexity index is 512. The van der Waals surface area contributed by atoms with E-state index >= 15 is 0 Å². The van der Waals surface area contributed by atoms with Crippen molar-refractivity contribution < 1.29 is 9.59 Å². The Morgan fingerprint density at radius 2 is 2.05 bits per heavy atom. The maximum atomic E-state index is 12.0. The molecule has 4 N–H and O–H groups in total. The van der Waals surface area contributed by atoms with E-state index in [0.717, 1.165) is 11.3 Å². The second-order valence-corrected chi connectivity index (χ2v) is 5.75. The smallest absolute Gasteiger partial charge is 0.251 e. The Balaban J connectivity index is 0.00000441. The maximum absolute atomic E-state index is 12.0. The van der Waals surface area contributed by atoms with E-state index in [0.29, 0.717) is 24.2 Å². The monoisotopic (exact) mass is 345 g/mol. The van der Waals surface area contributed by atoms with Gasteiger partial charge in [0.15, 0.2) is 0 Å². The fraction of sp³-hybridized carbons (Fsp3) is 0.467. The van der Waals surface area contributed by atoms with Gasteiger partial charge in [0, 0.05) is 17.8 Å². The van der Waals surface area contributed by atoms with E-state index in [9.17, 15) is 9.59 Å². The van der Waals surface area contributed by atoms with Gasteiger partial charge in [0.05, 0.1) is 6.04 Å². The van der Waals surface area contributed by atoms with Gasteiger partial charge < -0.3 is 16.4 Å². The number of nitrogens with two attached hydrogens (primary N) is 1. The van der Waals surface area contributed by atoms with Crippen molar-refractivity contribution in [2.45, 2.75) is 26.3 Å². The van der Waals surface area contributed by atoms with Gasteiger partial charge in [-0.15, -0.1) is 12.4 Å². The van der Waals surface area contributed by atoms with Crippen LogP contribution in [0.4, 0.5) is 5.69 Å². The molecule has 124 valence electrons. The van der Waals surface area contributed by atoms with Gasteiger partial charge in [0.2, 0.25) is 5.91 Å². The average molecular weight is 346 g/mol. The molecule has 0 saturated heterocycles. The fourth-order valence-electron chi connectivity index (χ4n) is 1.76. The van der Waals surface area contributed by atoms with Crippen LogP contribution in [0.5, 0.6) is 0 Å². The molecule has 0 radical (unpaired) electrons. The highest BCUT2D eigenvalue weighted by molar-refractivity contribution is 7.98. The summed E-state index contributed by atoms with van der Waals surface area (Å²) in [5.74, 6) is 0.465. The fourth-order valence-corrected chi connectivity index (χ4v) is 2.25. The molecule has 1 aromatic carbocycles. The number of carbonyl (C=O) groups excluding carboxylic acids is 2. The number of halogens is 1. The topological polar surface area (TPSA) is 84.2 Å². The summed E-state index contributed by atoms with van der Waals surface area (Å²) in [4.78, 5) is 23.8. The first-order chi connectivity index (χ1) is 9.99. The first-order valence-corrected chi connectivity index (χ1v) is 8.33. The van der Waals surface area contributed by atoms with E-state index in [1.54, 1.807) is 23.9 Å². The van der Waals surface area contributed by atoms with Crippen molar-refractivity contribution >= 4 is 41.7 Å². The number of nitrogens with one attached hydrogen (secondary N) is 2. The first-order valence-electron chi connectivity index (χ1n) is 6.93. The standard InChI is InChI=1S/C15H23N3O2S.ClH/c1-4-17-14(19)11-6-5-10(2)13(9-11)18-15(20)12(16)7-8-21-3;/h5-6,9,12H,4,7-8,16H2,1-3H3,(H,17,19)(H,18,20);1H/t12-;/m0./s1. The summed E-state index contributed by atoms with van der Waals surface area (Å²) in [7, 11) is 0. The van der Waals surface area contributed by atoms with E-state index in [4.69, 9.17) is 5.73 Å². The van der Waals surface area contributed by atoms with Crippen molar-refractivity contribution in [1.82, 2.24) is 5.32 Å². The minimum atomic E-state index is -0.537. The van der Waals surface area contributed by atoms with E-state index in [1.165, 1.54) is 0 Å². The summed E-state index contributed by atoms with van der Waals surface area (Å²) in [6.45, 7) is 4.30. The summed E-state index contributed by atoms with van der Waals surface area (Å²) < 4.78 is 0. The number of carbonyl (C=O) groups is 2. The number of hydrogen-bond donors (Lipinski definition) is 3. The van der Waals surface area contributed by atoms with Crippen LogP contribution < -0.4 is 16.4 Å². The Kier molecular flexibility index (Phi) is 9.89. The minimum Gasteiger partial charge on any atom is -0.352 e. The van der Waals surface area contributed by atoms with Crippen LogP contribution in [0.3, 0.4) is 0 Å². The van der Waals surface area contributed by atoms with Gasteiger partial charge in [-0.3, -0.25) is 9.59 Å². The third kappa shape index (κ3) is 6.25. The van der Waals surface area contributed by atoms with Crippen molar-refractivity contribution in [3.8, 4) is 0 Å². The molecule has 0 aliphatic heterocycles. The Morgan fingerprint density at radius 1 is 1.36 bits per heavy atom. The lowest BCUT2D eigenvalue weighted by molar-refractivity contribution is -0.117. The molecule has 0 aliphatic carbocycles. The summed E-state index contributed by atoms with van der Waals surface area (Å²) in [5, 5.41) is 5.54. The highest BCUT2D eigenvalue weighted by Gasteiger charge is 2.15. The molecule has 1 rings (SSSR count). The SMILES string of the molecule is CCNC(=O)c1ccc(C)c(NC(=O)[C@@H](N)CCSC)c1.Cl. The molecule has 7 heteroatoms. The van der Waals surface area contributed by atoms with Crippen molar-refractivity contribution in [3.05, 3.63) is 29.3 Å². The lowest BCUT2D eigenvalue weighted by Crippen LogP contribution is -2.36. The van der Waals surface area contributed by atoms with E-state index in [-0.39, 0.29) is 24.2 Å². The summed E-state index contributed by atoms with van der Waals surface area (Å²) in [5.41, 5.74) is 7.89. The zero-order chi connectivity index (χ0) is 15.8. The molecule has 0 saturated carbocycles. The molecule has 0 bridgehead atoms. The number of anilines is 1. The Hall–Kier alpha value is -1.24. The second-order valence-electron chi connectivity index (χ2n) is 4.77. The number of benzene rings is 1. The Labute approximate surface area is 142 Å². The number of hydrogen-bond acceptors (Lipinski definition) is 4. The summed E-state index contributed by atoms with van der Waals surface area (Å²) >= 11 is 1.66. The molecule has 2 amide bonds. The van der Waals surface area contributed by atoms with E-state index in [1.807, 2.05) is 26.2 Å². The molecule has 1 aromatic rings. The molecule has 0 spiro atoms. The average Bonchev–Trinajstić information content (AvgIpc) is 2.47. The molecule has 5 nitrogen and oxygen atoms in total. The normalized spacial score (nSPS) is 11.3. The Morgan fingerprint density at radius 3 is 2.64 bits per heavy atom. The zero-order valence-electron chi connectivity index (χ0n) is 13.1. The van der Waals surface area contributed by atoms with Crippen LogP contribution in [-0.2, 0) is 4.79 Å². The number of thioether (sulfide) groups is 1. The molecule has 0 aliphatic rings. The van der Waals surface area contributed by atoms with Gasteiger partial charge in [-0.25, -0.2) is 0 Å². The third-order valence-electron chi connectivity index (χ3n) is 3.06. The van der Waals surface area contributed by atoms with Gasteiger partial charge in [0.25, 0.3) is 5.91 Å². The van der Waals surface area contributed by atoms with Crippen LogP contribution in [0.25, 0.3) is 0 Å². The van der Waals surface area contributed by atoms with Gasteiger partial charge in [-0.05, 0) is 50.0 Å². The maximum Gasteiger partial charge on any atom is 0.251 e. The summed E-state index contributed by atoms with van der Waals surface area (Å²) in [6.07, 6.45) is 2.60. The van der Waals surface area contributed by atoms with Crippen LogP contribution in [0.15, 0.2) is 18.2 Å². The van der Waals surface area contributed by atoms with Crippen LogP contribution >= 0.6 is 24.2 Å². The molecular formula is C15H24ClN3O2S. The largest absolute Gasteiger partial charge is 0.352 e. The van der Waals surface area contributed by atoms with Gasteiger partial charge in [-0.2, -0.15) is 11.8 Å². The molecular weight excluding hydrogens is 322 g/mol. The molecule has 1 atom stereocenters. The highest BCUT2D eigenvalue weighted by atomic mass is 35.5. The van der Waals surface area contributed by atoms with Gasteiger partial charge in [0.1, 0.15) is 0 Å². The van der Waals surface area contributed by atoms with E-state index in [2.05, 4.69) is 10.6 Å². The van der Waals surface area contributed by atoms with Crippen LogP contribution in [-0.4, -0.2) is 36.4 Å². The molecule has 0 fully saturated rings. The predicted octanol–water partition coefficient (Wildman–Crippen LogP) is 2.19.